The molecule has 1 fully saturated rings. The van der Waals surface area contributed by atoms with Crippen LogP contribution in [0.5, 0.6) is 5.75 Å². The van der Waals surface area contributed by atoms with Crippen LogP contribution in [0.2, 0.25) is 5.02 Å². The highest BCUT2D eigenvalue weighted by atomic mass is 35.5. The topological polar surface area (TPSA) is 73.3 Å². The molecule has 140 valence electrons. The number of ketones is 1. The van der Waals surface area contributed by atoms with Gasteiger partial charge in [-0.15, -0.1) is 0 Å². The van der Waals surface area contributed by atoms with Crippen LogP contribution >= 0.6 is 11.6 Å². The van der Waals surface area contributed by atoms with Crippen molar-refractivity contribution in [1.29, 1.82) is 0 Å². The van der Waals surface area contributed by atoms with Gasteiger partial charge in [0.15, 0.2) is 11.8 Å². The Hall–Kier alpha value is -2.09. The lowest BCUT2D eigenvalue weighted by atomic mass is 10.00. The molecule has 2 unspecified atom stereocenters. The number of aliphatic hydroxyl groups is 1. The average molecular weight is 380 g/mol. The van der Waals surface area contributed by atoms with Crippen LogP contribution in [-0.4, -0.2) is 63.7 Å². The van der Waals surface area contributed by atoms with Gasteiger partial charge in [-0.2, -0.15) is 5.01 Å². The zero-order valence-electron chi connectivity index (χ0n) is 14.9. The van der Waals surface area contributed by atoms with E-state index in [4.69, 9.17) is 16.3 Å². The predicted octanol–water partition coefficient (Wildman–Crippen LogP) is 1.40. The van der Waals surface area contributed by atoms with Crippen molar-refractivity contribution in [2.75, 3.05) is 13.8 Å². The molecule has 2 atom stereocenters. The van der Waals surface area contributed by atoms with Crippen LogP contribution in [0.1, 0.15) is 19.4 Å². The summed E-state index contributed by atoms with van der Waals surface area (Å²) in [5.74, 6) is -0.128. The molecule has 0 aromatic heterocycles. The summed E-state index contributed by atoms with van der Waals surface area (Å²) >= 11 is 6.21. The van der Waals surface area contributed by atoms with E-state index in [1.54, 1.807) is 35.4 Å². The van der Waals surface area contributed by atoms with Crippen LogP contribution in [0, 0.1) is 0 Å². The van der Waals surface area contributed by atoms with Crippen LogP contribution < -0.4 is 4.74 Å². The summed E-state index contributed by atoms with van der Waals surface area (Å²) in [4.78, 5) is 26.3. The number of carbonyl (C=O) groups excluding carboxylic acids is 2. The minimum Gasteiger partial charge on any atom is -0.495 e. The summed E-state index contributed by atoms with van der Waals surface area (Å²) in [7, 11) is 1.55. The quantitative estimate of drug-likeness (QED) is 0.852. The van der Waals surface area contributed by atoms with Crippen molar-refractivity contribution in [1.82, 2.24) is 14.9 Å². The van der Waals surface area contributed by atoms with Crippen molar-refractivity contribution in [3.8, 4) is 5.75 Å². The maximum atomic E-state index is 12.8. The number of methoxy groups -OCH3 is 1. The van der Waals surface area contributed by atoms with E-state index in [1.165, 1.54) is 6.08 Å². The summed E-state index contributed by atoms with van der Waals surface area (Å²) in [5, 5.41) is 14.3. The highest BCUT2D eigenvalue weighted by molar-refractivity contribution is 6.32. The number of hydrogen-bond donors (Lipinski definition) is 1. The van der Waals surface area contributed by atoms with Gasteiger partial charge in [0.2, 0.25) is 0 Å². The van der Waals surface area contributed by atoms with E-state index < -0.39 is 17.9 Å². The third kappa shape index (κ3) is 3.30. The predicted molar refractivity (Wildman–Crippen MR) is 96.2 cm³/mol. The number of aliphatic hydroxyl groups excluding tert-OH is 1. The van der Waals surface area contributed by atoms with Gasteiger partial charge in [-0.1, -0.05) is 17.7 Å². The van der Waals surface area contributed by atoms with Gasteiger partial charge < -0.3 is 14.7 Å². The molecule has 1 N–H and O–H groups in total. The van der Waals surface area contributed by atoms with Crippen LogP contribution in [-0.2, 0) is 16.1 Å². The van der Waals surface area contributed by atoms with Gasteiger partial charge in [-0.05, 0) is 31.5 Å². The molecule has 0 radical (unpaired) electrons. The molecule has 7 nitrogen and oxygen atoms in total. The van der Waals surface area contributed by atoms with Gasteiger partial charge in [-0.3, -0.25) is 14.6 Å². The molecule has 26 heavy (non-hydrogen) atoms. The summed E-state index contributed by atoms with van der Waals surface area (Å²) in [6.45, 7) is 4.62. The minimum absolute atomic E-state index is 0.0557. The van der Waals surface area contributed by atoms with E-state index in [-0.39, 0.29) is 11.9 Å². The molecular weight excluding hydrogens is 358 g/mol. The fourth-order valence-corrected chi connectivity index (χ4v) is 3.50. The molecule has 8 heteroatoms. The molecular formula is C18H22ClN3O4. The van der Waals surface area contributed by atoms with E-state index in [0.717, 1.165) is 5.56 Å². The number of halogens is 1. The van der Waals surface area contributed by atoms with Crippen molar-refractivity contribution in [2.24, 2.45) is 0 Å². The maximum Gasteiger partial charge on any atom is 0.251 e. The average Bonchev–Trinajstić information content (AvgIpc) is 2.59. The molecule has 0 bridgehead atoms. The molecule has 1 aromatic rings. The standard InChI is InChI=1S/C18H22ClN3O4/c1-11(2)21-10-20(9-12-4-5-15(26-3)13(19)8-12)22-7-6-14(23)17(24)16(22)18(21)25/h4-8,11,16-17,24H,9-10H2,1-3H3. The third-order valence-corrected chi connectivity index (χ3v) is 4.95. The van der Waals surface area contributed by atoms with Gasteiger partial charge >= 0.3 is 0 Å². The Morgan fingerprint density at radius 2 is 2.08 bits per heavy atom. The number of rotatable bonds is 4. The Labute approximate surface area is 157 Å². The molecule has 1 aromatic carbocycles. The lowest BCUT2D eigenvalue weighted by Gasteiger charge is -2.50. The molecule has 0 aliphatic carbocycles. The van der Waals surface area contributed by atoms with E-state index >= 15 is 0 Å². The fraction of sp³-hybridized carbons (Fsp3) is 0.444. The number of nitrogens with zero attached hydrogens (tertiary/aromatic N) is 3. The lowest BCUT2D eigenvalue weighted by Crippen LogP contribution is -2.68. The number of benzene rings is 1. The number of hydrogen-bond acceptors (Lipinski definition) is 6. The molecule has 0 saturated carbocycles. The summed E-state index contributed by atoms with van der Waals surface area (Å²) in [6, 6.07) is 4.48. The SMILES string of the molecule is COc1ccc(CN2CN(C(C)C)C(=O)C3C(O)C(=O)C=CN32)cc1Cl. The molecule has 1 saturated heterocycles. The van der Waals surface area contributed by atoms with E-state index in [0.29, 0.717) is 24.0 Å². The second kappa shape index (κ2) is 7.26. The zero-order chi connectivity index (χ0) is 19.0. The summed E-state index contributed by atoms with van der Waals surface area (Å²) < 4.78 is 5.17. The second-order valence-corrected chi connectivity index (χ2v) is 7.07. The zero-order valence-corrected chi connectivity index (χ0v) is 15.7. The van der Waals surface area contributed by atoms with Crippen molar-refractivity contribution < 1.29 is 19.4 Å². The van der Waals surface area contributed by atoms with Crippen molar-refractivity contribution >= 4 is 23.3 Å². The first-order chi connectivity index (χ1) is 12.3. The molecule has 0 spiro atoms. The van der Waals surface area contributed by atoms with Gasteiger partial charge in [0, 0.05) is 24.9 Å². The lowest BCUT2D eigenvalue weighted by molar-refractivity contribution is -0.184. The van der Waals surface area contributed by atoms with Crippen LogP contribution in [0.3, 0.4) is 0 Å². The van der Waals surface area contributed by atoms with Gasteiger partial charge in [0.1, 0.15) is 11.9 Å². The van der Waals surface area contributed by atoms with Crippen LogP contribution in [0.15, 0.2) is 30.5 Å². The van der Waals surface area contributed by atoms with Gasteiger partial charge in [0.05, 0.1) is 18.8 Å². The Morgan fingerprint density at radius 3 is 2.69 bits per heavy atom. The fourth-order valence-electron chi connectivity index (χ4n) is 3.22. The molecule has 1 amide bonds. The van der Waals surface area contributed by atoms with E-state index in [2.05, 4.69) is 0 Å². The van der Waals surface area contributed by atoms with E-state index in [1.807, 2.05) is 24.9 Å². The number of amides is 1. The smallest absolute Gasteiger partial charge is 0.251 e. The largest absolute Gasteiger partial charge is 0.495 e. The number of ether oxygens (including phenoxy) is 1. The minimum atomic E-state index is -1.38. The molecule has 2 aliphatic heterocycles. The van der Waals surface area contributed by atoms with Crippen LogP contribution in [0.4, 0.5) is 0 Å². The number of fused-ring (bicyclic) bond motifs is 1. The first-order valence-electron chi connectivity index (χ1n) is 8.39. The Kier molecular flexibility index (Phi) is 5.22. The normalized spacial score (nSPS) is 23.6. The summed E-state index contributed by atoms with van der Waals surface area (Å²) in [6.07, 6.45) is 1.48. The highest BCUT2D eigenvalue weighted by Gasteiger charge is 2.46. The number of carbonyl (C=O) groups is 2. The summed E-state index contributed by atoms with van der Waals surface area (Å²) in [5.41, 5.74) is 0.924. The monoisotopic (exact) mass is 379 g/mol. The Balaban J connectivity index is 1.91. The van der Waals surface area contributed by atoms with Crippen molar-refractivity contribution in [3.63, 3.8) is 0 Å². The first-order valence-corrected chi connectivity index (χ1v) is 8.77. The molecule has 2 heterocycles. The molecule has 2 aliphatic rings. The maximum absolute atomic E-state index is 12.8. The molecule has 3 rings (SSSR count). The van der Waals surface area contributed by atoms with Crippen molar-refractivity contribution in [2.45, 2.75) is 38.6 Å². The van der Waals surface area contributed by atoms with E-state index in [9.17, 15) is 14.7 Å². The second-order valence-electron chi connectivity index (χ2n) is 6.66. The van der Waals surface area contributed by atoms with Gasteiger partial charge in [0.25, 0.3) is 5.91 Å². The Morgan fingerprint density at radius 1 is 1.35 bits per heavy atom. The number of hydrazine groups is 1. The Bertz CT molecular complexity index is 752. The first kappa shape index (κ1) is 18.7. The van der Waals surface area contributed by atoms with Crippen LogP contribution in [0.25, 0.3) is 0 Å². The van der Waals surface area contributed by atoms with Gasteiger partial charge in [-0.25, -0.2) is 0 Å². The third-order valence-electron chi connectivity index (χ3n) is 4.65. The highest BCUT2D eigenvalue weighted by Crippen LogP contribution is 2.29. The van der Waals surface area contributed by atoms with Crippen molar-refractivity contribution in [3.05, 3.63) is 41.1 Å².